The van der Waals surface area contributed by atoms with Crippen LogP contribution in [0.25, 0.3) is 0 Å². The molecule has 0 unspecified atom stereocenters. The smallest absolute Gasteiger partial charge is 0.160 e. The summed E-state index contributed by atoms with van der Waals surface area (Å²) in [5, 5.41) is 0. The van der Waals surface area contributed by atoms with Gasteiger partial charge in [-0.1, -0.05) is 12.8 Å². The minimum absolute atomic E-state index is 0.526. The molecule has 0 spiro atoms. The Labute approximate surface area is 117 Å². The first kappa shape index (κ1) is 13.8. The maximum atomic E-state index is 13.7. The number of benzene rings is 1. The molecule has 1 heterocycles. The van der Waals surface area contributed by atoms with Gasteiger partial charge in [0.05, 0.1) is 13.2 Å². The lowest BCUT2D eigenvalue weighted by Crippen LogP contribution is -2.40. The van der Waals surface area contributed by atoms with Crippen molar-refractivity contribution < 1.29 is 13.5 Å². The molecule has 1 aromatic carbocycles. The van der Waals surface area contributed by atoms with Crippen LogP contribution in [0.4, 0.5) is 14.5 Å². The van der Waals surface area contributed by atoms with Gasteiger partial charge in [0, 0.05) is 30.4 Å². The van der Waals surface area contributed by atoms with Crippen LogP contribution >= 0.6 is 0 Å². The van der Waals surface area contributed by atoms with Gasteiger partial charge in [-0.3, -0.25) is 0 Å². The highest BCUT2D eigenvalue weighted by Gasteiger charge is 2.35. The average molecular weight is 282 g/mol. The van der Waals surface area contributed by atoms with Crippen LogP contribution in [0, 0.1) is 11.6 Å². The van der Waals surface area contributed by atoms with Crippen molar-refractivity contribution in [3.05, 3.63) is 29.3 Å². The van der Waals surface area contributed by atoms with Gasteiger partial charge in [-0.2, -0.15) is 0 Å². The molecule has 0 amide bonds. The minimum atomic E-state index is -0.811. The SMILES string of the molecule is NC1(c2cc(F)c(F)cc2N2CCOCC2)CCCC1. The van der Waals surface area contributed by atoms with Crippen molar-refractivity contribution in [1.29, 1.82) is 0 Å². The summed E-state index contributed by atoms with van der Waals surface area (Å²) in [5.74, 6) is -1.62. The predicted octanol–water partition coefficient (Wildman–Crippen LogP) is 2.53. The molecular formula is C15H20F2N2O. The Hall–Kier alpha value is -1.20. The first-order chi connectivity index (χ1) is 9.60. The zero-order chi connectivity index (χ0) is 14.2. The van der Waals surface area contributed by atoms with Gasteiger partial charge in [-0.15, -0.1) is 0 Å². The highest BCUT2D eigenvalue weighted by Crippen LogP contribution is 2.41. The fourth-order valence-corrected chi connectivity index (χ4v) is 3.28. The van der Waals surface area contributed by atoms with E-state index >= 15 is 0 Å². The van der Waals surface area contributed by atoms with E-state index in [-0.39, 0.29) is 0 Å². The first-order valence-corrected chi connectivity index (χ1v) is 7.21. The molecule has 2 aliphatic rings. The maximum Gasteiger partial charge on any atom is 0.160 e. The van der Waals surface area contributed by atoms with E-state index in [1.165, 1.54) is 12.1 Å². The monoisotopic (exact) mass is 282 g/mol. The number of morpholine rings is 1. The largest absolute Gasteiger partial charge is 0.378 e. The van der Waals surface area contributed by atoms with Crippen LogP contribution in [-0.2, 0) is 10.3 Å². The second-order valence-electron chi connectivity index (χ2n) is 5.75. The Balaban J connectivity index is 2.04. The molecule has 1 saturated heterocycles. The number of ether oxygens (including phenoxy) is 1. The van der Waals surface area contributed by atoms with Gasteiger partial charge in [0.25, 0.3) is 0 Å². The molecule has 1 saturated carbocycles. The van der Waals surface area contributed by atoms with Gasteiger partial charge in [0.1, 0.15) is 0 Å². The fraction of sp³-hybridized carbons (Fsp3) is 0.600. The molecule has 0 atom stereocenters. The summed E-state index contributed by atoms with van der Waals surface area (Å²) in [5.41, 5.74) is 7.41. The minimum Gasteiger partial charge on any atom is -0.378 e. The number of halogens is 2. The normalized spacial score (nSPS) is 22.2. The van der Waals surface area contributed by atoms with E-state index in [4.69, 9.17) is 10.5 Å². The van der Waals surface area contributed by atoms with Crippen LogP contribution in [0.3, 0.4) is 0 Å². The number of rotatable bonds is 2. The molecule has 1 aromatic rings. The van der Waals surface area contributed by atoms with Crippen LogP contribution < -0.4 is 10.6 Å². The first-order valence-electron chi connectivity index (χ1n) is 7.21. The lowest BCUT2D eigenvalue weighted by atomic mass is 9.87. The molecule has 1 aliphatic heterocycles. The van der Waals surface area contributed by atoms with E-state index in [1.807, 2.05) is 4.90 Å². The van der Waals surface area contributed by atoms with Crippen molar-refractivity contribution in [3.63, 3.8) is 0 Å². The fourth-order valence-electron chi connectivity index (χ4n) is 3.28. The Morgan fingerprint density at radius 3 is 2.30 bits per heavy atom. The Kier molecular flexibility index (Phi) is 3.65. The summed E-state index contributed by atoms with van der Waals surface area (Å²) in [6.45, 7) is 2.59. The van der Waals surface area contributed by atoms with Gasteiger partial charge < -0.3 is 15.4 Å². The predicted molar refractivity (Wildman–Crippen MR) is 73.7 cm³/mol. The molecule has 0 radical (unpaired) electrons. The molecule has 5 heteroatoms. The molecule has 1 aliphatic carbocycles. The Bertz CT molecular complexity index is 495. The highest BCUT2D eigenvalue weighted by atomic mass is 19.2. The van der Waals surface area contributed by atoms with Crippen molar-refractivity contribution in [1.82, 2.24) is 0 Å². The molecule has 3 nitrogen and oxygen atoms in total. The third-order valence-corrected chi connectivity index (χ3v) is 4.42. The van der Waals surface area contributed by atoms with Crippen molar-refractivity contribution in [2.45, 2.75) is 31.2 Å². The van der Waals surface area contributed by atoms with E-state index in [1.54, 1.807) is 0 Å². The van der Waals surface area contributed by atoms with Crippen molar-refractivity contribution in [2.75, 3.05) is 31.2 Å². The molecule has 0 bridgehead atoms. The molecule has 0 aromatic heterocycles. The second-order valence-corrected chi connectivity index (χ2v) is 5.75. The van der Waals surface area contributed by atoms with Crippen LogP contribution in [0.15, 0.2) is 12.1 Å². The van der Waals surface area contributed by atoms with Crippen molar-refractivity contribution in [2.24, 2.45) is 5.73 Å². The van der Waals surface area contributed by atoms with E-state index in [9.17, 15) is 8.78 Å². The number of nitrogens with two attached hydrogens (primary N) is 1. The Morgan fingerprint density at radius 2 is 1.65 bits per heavy atom. The van der Waals surface area contributed by atoms with E-state index in [0.29, 0.717) is 26.3 Å². The molecule has 2 N–H and O–H groups in total. The number of hydrogen-bond acceptors (Lipinski definition) is 3. The lowest BCUT2D eigenvalue weighted by Gasteiger charge is -2.35. The van der Waals surface area contributed by atoms with Crippen molar-refractivity contribution >= 4 is 5.69 Å². The number of nitrogens with zero attached hydrogens (tertiary/aromatic N) is 1. The van der Waals surface area contributed by atoms with E-state index in [2.05, 4.69) is 0 Å². The number of hydrogen-bond donors (Lipinski definition) is 1. The third-order valence-electron chi connectivity index (χ3n) is 4.42. The van der Waals surface area contributed by atoms with Crippen LogP contribution in [-0.4, -0.2) is 26.3 Å². The molecule has 2 fully saturated rings. The summed E-state index contributed by atoms with van der Waals surface area (Å²) < 4.78 is 32.7. The van der Waals surface area contributed by atoms with E-state index in [0.717, 1.165) is 36.9 Å². The average Bonchev–Trinajstić information content (AvgIpc) is 2.90. The highest BCUT2D eigenvalue weighted by molar-refractivity contribution is 5.57. The van der Waals surface area contributed by atoms with Crippen LogP contribution in [0.2, 0.25) is 0 Å². The van der Waals surface area contributed by atoms with Gasteiger partial charge in [-0.25, -0.2) is 8.78 Å². The lowest BCUT2D eigenvalue weighted by molar-refractivity contribution is 0.122. The van der Waals surface area contributed by atoms with Gasteiger partial charge >= 0.3 is 0 Å². The van der Waals surface area contributed by atoms with Gasteiger partial charge in [-0.05, 0) is 24.5 Å². The summed E-state index contributed by atoms with van der Waals surface area (Å²) in [4.78, 5) is 2.05. The summed E-state index contributed by atoms with van der Waals surface area (Å²) in [6.07, 6.45) is 3.74. The molecule has 3 rings (SSSR count). The third kappa shape index (κ3) is 2.40. The summed E-state index contributed by atoms with van der Waals surface area (Å²) >= 11 is 0. The maximum absolute atomic E-state index is 13.7. The standard InChI is InChI=1S/C15H20F2N2O/c16-12-9-11(15(18)3-1-2-4-15)14(10-13(12)17)19-5-7-20-8-6-19/h9-10H,1-8,18H2. The molecule has 110 valence electrons. The zero-order valence-corrected chi connectivity index (χ0v) is 11.5. The zero-order valence-electron chi connectivity index (χ0n) is 11.5. The van der Waals surface area contributed by atoms with Gasteiger partial charge in [0.15, 0.2) is 11.6 Å². The second kappa shape index (κ2) is 5.30. The van der Waals surface area contributed by atoms with E-state index < -0.39 is 17.2 Å². The number of anilines is 1. The summed E-state index contributed by atoms with van der Waals surface area (Å²) in [7, 11) is 0. The van der Waals surface area contributed by atoms with Crippen LogP contribution in [0.1, 0.15) is 31.2 Å². The topological polar surface area (TPSA) is 38.5 Å². The van der Waals surface area contributed by atoms with Crippen molar-refractivity contribution in [3.8, 4) is 0 Å². The van der Waals surface area contributed by atoms with Crippen LogP contribution in [0.5, 0.6) is 0 Å². The summed E-state index contributed by atoms with van der Waals surface area (Å²) in [6, 6.07) is 2.59. The Morgan fingerprint density at radius 1 is 1.05 bits per heavy atom. The quantitative estimate of drug-likeness (QED) is 0.906. The van der Waals surface area contributed by atoms with Gasteiger partial charge in [0.2, 0.25) is 0 Å². The molecular weight excluding hydrogens is 262 g/mol. The molecule has 20 heavy (non-hydrogen) atoms.